The van der Waals surface area contributed by atoms with Crippen LogP contribution < -0.4 is 9.47 Å². The van der Waals surface area contributed by atoms with Crippen molar-refractivity contribution in [2.45, 2.75) is 26.4 Å². The third kappa shape index (κ3) is 6.36. The molecule has 0 radical (unpaired) electrons. The third-order valence-electron chi connectivity index (χ3n) is 5.83. The molecule has 4 nitrogen and oxygen atoms in total. The van der Waals surface area contributed by atoms with Crippen molar-refractivity contribution >= 4 is 11.0 Å². The minimum atomic E-state index is -4.37. The maximum Gasteiger partial charge on any atom is 0.416 e. The van der Waals surface area contributed by atoms with Crippen LogP contribution in [0.5, 0.6) is 17.2 Å². The van der Waals surface area contributed by atoms with Crippen LogP contribution in [0.15, 0.2) is 77.2 Å². The van der Waals surface area contributed by atoms with E-state index in [-0.39, 0.29) is 0 Å². The lowest BCUT2D eigenvalue weighted by atomic mass is 10.1. The fraction of sp³-hybridized carbons (Fsp3) is 0.286. The Balaban J connectivity index is 1.39. The molecule has 0 spiro atoms. The lowest BCUT2D eigenvalue weighted by molar-refractivity contribution is -0.137. The summed E-state index contributed by atoms with van der Waals surface area (Å²) in [6.45, 7) is 8.11. The number of fused-ring (bicyclic) bond motifs is 1. The molecule has 7 heteroatoms. The molecule has 0 aliphatic carbocycles. The SMILES string of the molecule is CCN(CC)CCCOc1ccc(-c2cc3cc(Oc4ccc(C(F)(F)F)cc4)ccc3o2)cc1. The number of benzene rings is 3. The van der Waals surface area contributed by atoms with Gasteiger partial charge in [0.2, 0.25) is 0 Å². The van der Waals surface area contributed by atoms with Gasteiger partial charge in [0.1, 0.15) is 28.6 Å². The highest BCUT2D eigenvalue weighted by atomic mass is 19.4. The molecule has 0 aliphatic heterocycles. The van der Waals surface area contributed by atoms with Crippen molar-refractivity contribution in [3.63, 3.8) is 0 Å². The van der Waals surface area contributed by atoms with Crippen molar-refractivity contribution in [3.8, 4) is 28.6 Å². The Hall–Kier alpha value is -3.45. The number of rotatable bonds is 10. The second kappa shape index (κ2) is 10.9. The predicted molar refractivity (Wildman–Crippen MR) is 131 cm³/mol. The van der Waals surface area contributed by atoms with Gasteiger partial charge in [0.25, 0.3) is 0 Å². The van der Waals surface area contributed by atoms with E-state index in [1.165, 1.54) is 12.1 Å². The molecule has 0 N–H and O–H groups in total. The Morgan fingerprint density at radius 2 is 1.46 bits per heavy atom. The average molecular weight is 484 g/mol. The van der Waals surface area contributed by atoms with E-state index in [9.17, 15) is 13.2 Å². The van der Waals surface area contributed by atoms with Crippen LogP contribution in [0.3, 0.4) is 0 Å². The van der Waals surface area contributed by atoms with Crippen molar-refractivity contribution < 1.29 is 27.1 Å². The van der Waals surface area contributed by atoms with Gasteiger partial charge in [-0.25, -0.2) is 0 Å². The topological polar surface area (TPSA) is 34.8 Å². The first kappa shape index (κ1) is 24.7. The number of furan rings is 1. The molecule has 184 valence electrons. The fourth-order valence-electron chi connectivity index (χ4n) is 3.81. The van der Waals surface area contributed by atoms with Crippen molar-refractivity contribution in [3.05, 3.63) is 78.4 Å². The summed E-state index contributed by atoms with van der Waals surface area (Å²) in [5, 5.41) is 0.834. The van der Waals surface area contributed by atoms with Crippen molar-refractivity contribution in [1.29, 1.82) is 0 Å². The summed E-state index contributed by atoms with van der Waals surface area (Å²) in [4.78, 5) is 2.37. The number of alkyl halides is 3. The molecule has 1 aromatic heterocycles. The third-order valence-corrected chi connectivity index (χ3v) is 5.83. The van der Waals surface area contributed by atoms with E-state index < -0.39 is 11.7 Å². The molecule has 0 amide bonds. The summed E-state index contributed by atoms with van der Waals surface area (Å²) in [5.74, 6) is 2.36. The Bertz CT molecular complexity index is 1230. The maximum absolute atomic E-state index is 12.7. The zero-order chi connectivity index (χ0) is 24.8. The minimum absolute atomic E-state index is 0.328. The van der Waals surface area contributed by atoms with Gasteiger partial charge in [-0.1, -0.05) is 13.8 Å². The van der Waals surface area contributed by atoms with E-state index in [2.05, 4.69) is 18.7 Å². The standard InChI is InChI=1S/C28H28F3NO3/c1-3-32(4-2)16-5-17-33-23-10-6-20(7-11-23)27-19-21-18-25(14-15-26(21)35-27)34-24-12-8-22(9-13-24)28(29,30)31/h6-15,18-19H,3-5,16-17H2,1-2H3. The average Bonchev–Trinajstić information content (AvgIpc) is 3.28. The second-order valence-electron chi connectivity index (χ2n) is 8.19. The van der Waals surface area contributed by atoms with E-state index in [1.54, 1.807) is 18.2 Å². The van der Waals surface area contributed by atoms with Crippen LogP contribution in [-0.4, -0.2) is 31.1 Å². The van der Waals surface area contributed by atoms with Crippen LogP contribution in [0.25, 0.3) is 22.3 Å². The van der Waals surface area contributed by atoms with Crippen LogP contribution in [0.4, 0.5) is 13.2 Å². The molecule has 0 atom stereocenters. The van der Waals surface area contributed by atoms with Gasteiger partial charge in [-0.15, -0.1) is 0 Å². The van der Waals surface area contributed by atoms with Gasteiger partial charge in [-0.05, 0) is 92.3 Å². The molecular formula is C28H28F3NO3. The zero-order valence-electron chi connectivity index (χ0n) is 19.8. The Morgan fingerprint density at radius 3 is 2.11 bits per heavy atom. The van der Waals surface area contributed by atoms with Crippen LogP contribution in [0.1, 0.15) is 25.8 Å². The van der Waals surface area contributed by atoms with Gasteiger partial charge in [-0.2, -0.15) is 13.2 Å². The van der Waals surface area contributed by atoms with Crippen LogP contribution in [0.2, 0.25) is 0 Å². The summed E-state index contributed by atoms with van der Waals surface area (Å²) in [7, 11) is 0. The van der Waals surface area contributed by atoms with Gasteiger partial charge >= 0.3 is 6.18 Å². The largest absolute Gasteiger partial charge is 0.494 e. The van der Waals surface area contributed by atoms with E-state index >= 15 is 0 Å². The first-order valence-corrected chi connectivity index (χ1v) is 11.7. The van der Waals surface area contributed by atoms with Crippen molar-refractivity contribution in [1.82, 2.24) is 4.90 Å². The Morgan fingerprint density at radius 1 is 0.800 bits per heavy atom. The highest BCUT2D eigenvalue weighted by molar-refractivity contribution is 5.84. The number of nitrogens with zero attached hydrogens (tertiary/aromatic N) is 1. The highest BCUT2D eigenvalue weighted by Crippen LogP contribution is 2.34. The monoisotopic (exact) mass is 483 g/mol. The molecule has 0 unspecified atom stereocenters. The molecule has 0 saturated carbocycles. The van der Waals surface area contributed by atoms with Gasteiger partial charge < -0.3 is 18.8 Å². The number of hydrogen-bond donors (Lipinski definition) is 0. The number of hydrogen-bond acceptors (Lipinski definition) is 4. The van der Waals surface area contributed by atoms with E-state index in [0.29, 0.717) is 29.4 Å². The van der Waals surface area contributed by atoms with Crippen molar-refractivity contribution in [2.24, 2.45) is 0 Å². The zero-order valence-corrected chi connectivity index (χ0v) is 19.8. The number of ether oxygens (including phenoxy) is 2. The molecule has 4 rings (SSSR count). The normalized spacial score (nSPS) is 11.8. The molecule has 0 bridgehead atoms. The molecule has 0 fully saturated rings. The fourth-order valence-corrected chi connectivity index (χ4v) is 3.81. The maximum atomic E-state index is 12.7. The first-order chi connectivity index (χ1) is 16.9. The summed E-state index contributed by atoms with van der Waals surface area (Å²) in [6, 6.07) is 19.6. The van der Waals surface area contributed by atoms with E-state index in [4.69, 9.17) is 13.9 Å². The molecule has 0 saturated heterocycles. The quantitative estimate of drug-likeness (QED) is 0.214. The second-order valence-corrected chi connectivity index (χ2v) is 8.19. The van der Waals surface area contributed by atoms with Crippen molar-refractivity contribution in [2.75, 3.05) is 26.2 Å². The summed E-state index contributed by atoms with van der Waals surface area (Å²) in [5.41, 5.74) is 0.897. The summed E-state index contributed by atoms with van der Waals surface area (Å²) in [6.07, 6.45) is -3.40. The molecular weight excluding hydrogens is 455 g/mol. The van der Waals surface area contributed by atoms with Gasteiger partial charge in [0.15, 0.2) is 0 Å². The summed E-state index contributed by atoms with van der Waals surface area (Å²) >= 11 is 0. The van der Waals surface area contributed by atoms with Gasteiger partial charge in [0, 0.05) is 17.5 Å². The molecule has 3 aromatic carbocycles. The minimum Gasteiger partial charge on any atom is -0.494 e. The Labute approximate surface area is 202 Å². The number of halogens is 3. The van der Waals surface area contributed by atoms with Crippen LogP contribution in [-0.2, 0) is 6.18 Å². The molecule has 1 heterocycles. The van der Waals surface area contributed by atoms with E-state index in [1.807, 2.05) is 30.3 Å². The lowest BCUT2D eigenvalue weighted by Crippen LogP contribution is -2.25. The highest BCUT2D eigenvalue weighted by Gasteiger charge is 2.30. The van der Waals surface area contributed by atoms with E-state index in [0.717, 1.165) is 54.9 Å². The molecule has 0 aliphatic rings. The predicted octanol–water partition coefficient (Wildman–Crippen LogP) is 8.02. The van der Waals surface area contributed by atoms with Gasteiger partial charge in [0.05, 0.1) is 12.2 Å². The Kier molecular flexibility index (Phi) is 7.66. The van der Waals surface area contributed by atoms with Crippen LogP contribution in [0, 0.1) is 0 Å². The van der Waals surface area contributed by atoms with Gasteiger partial charge in [-0.3, -0.25) is 0 Å². The lowest BCUT2D eigenvalue weighted by Gasteiger charge is -2.17. The molecule has 35 heavy (non-hydrogen) atoms. The summed E-state index contributed by atoms with van der Waals surface area (Å²) < 4.78 is 55.8. The smallest absolute Gasteiger partial charge is 0.416 e. The first-order valence-electron chi connectivity index (χ1n) is 11.7. The van der Waals surface area contributed by atoms with Crippen LogP contribution >= 0.6 is 0 Å². The molecule has 4 aromatic rings.